The lowest BCUT2D eigenvalue weighted by molar-refractivity contribution is -0.132. The molecule has 1 aromatic carbocycles. The molecule has 1 aromatic rings. The summed E-state index contributed by atoms with van der Waals surface area (Å²) in [5.74, 6) is 0.648. The van der Waals surface area contributed by atoms with E-state index < -0.39 is 0 Å². The standard InChI is InChI=1S/C17H24ClN3O.2ClH/c18-14-5-1-2-7-16(14)20-8-10-21(11-9-20)17(22)12-13-4-3-6-15(13)19;;/h1-2,5,7,13,15H,3-4,6,8-12,19H2;2*1H/t13-,15+;;/m0../s1. The van der Waals surface area contributed by atoms with Crippen molar-refractivity contribution in [3.8, 4) is 0 Å². The molecule has 1 aliphatic heterocycles. The van der Waals surface area contributed by atoms with E-state index in [9.17, 15) is 4.79 Å². The van der Waals surface area contributed by atoms with Gasteiger partial charge in [0.1, 0.15) is 0 Å². The van der Waals surface area contributed by atoms with Crippen molar-refractivity contribution in [2.75, 3.05) is 31.1 Å². The number of rotatable bonds is 3. The van der Waals surface area contributed by atoms with Crippen molar-refractivity contribution < 1.29 is 4.79 Å². The van der Waals surface area contributed by atoms with Crippen molar-refractivity contribution >= 4 is 48.0 Å². The highest BCUT2D eigenvalue weighted by Crippen LogP contribution is 2.29. The highest BCUT2D eigenvalue weighted by Gasteiger charge is 2.29. The number of nitrogens with two attached hydrogens (primary N) is 1. The van der Waals surface area contributed by atoms with Gasteiger partial charge in [-0.25, -0.2) is 0 Å². The first-order valence-corrected chi connectivity index (χ1v) is 8.56. The number of hydrogen-bond acceptors (Lipinski definition) is 3. The smallest absolute Gasteiger partial charge is 0.223 e. The zero-order chi connectivity index (χ0) is 15.5. The highest BCUT2D eigenvalue weighted by molar-refractivity contribution is 6.33. The number of carbonyl (C=O) groups excluding carboxylic acids is 1. The molecule has 2 N–H and O–H groups in total. The van der Waals surface area contributed by atoms with Gasteiger partial charge in [-0.15, -0.1) is 24.8 Å². The van der Waals surface area contributed by atoms with Crippen LogP contribution in [-0.4, -0.2) is 43.0 Å². The Kier molecular flexibility index (Phi) is 8.65. The van der Waals surface area contributed by atoms with Gasteiger partial charge >= 0.3 is 0 Å². The van der Waals surface area contributed by atoms with Crippen LogP contribution in [0.25, 0.3) is 0 Å². The van der Waals surface area contributed by atoms with E-state index in [1.807, 2.05) is 29.2 Å². The van der Waals surface area contributed by atoms with E-state index in [-0.39, 0.29) is 36.8 Å². The van der Waals surface area contributed by atoms with E-state index in [2.05, 4.69) is 4.90 Å². The maximum Gasteiger partial charge on any atom is 0.223 e. The van der Waals surface area contributed by atoms with Crippen molar-refractivity contribution in [2.45, 2.75) is 31.7 Å². The Balaban J connectivity index is 0.00000144. The average molecular weight is 395 g/mol. The number of hydrogen-bond donors (Lipinski definition) is 1. The Bertz CT molecular complexity index is 536. The van der Waals surface area contributed by atoms with Gasteiger partial charge in [0.2, 0.25) is 5.91 Å². The van der Waals surface area contributed by atoms with E-state index in [1.54, 1.807) is 0 Å². The molecule has 2 fully saturated rings. The van der Waals surface area contributed by atoms with Crippen LogP contribution in [0.2, 0.25) is 5.02 Å². The lowest BCUT2D eigenvalue weighted by Crippen LogP contribution is -2.49. The van der Waals surface area contributed by atoms with E-state index >= 15 is 0 Å². The summed E-state index contributed by atoms with van der Waals surface area (Å²) >= 11 is 6.25. The van der Waals surface area contributed by atoms with Crippen LogP contribution in [0.3, 0.4) is 0 Å². The van der Waals surface area contributed by atoms with E-state index in [4.69, 9.17) is 17.3 Å². The second-order valence-corrected chi connectivity index (χ2v) is 6.79. The van der Waals surface area contributed by atoms with Crippen molar-refractivity contribution in [2.24, 2.45) is 11.7 Å². The SMILES string of the molecule is Cl.Cl.N[C@@H]1CCC[C@H]1CC(=O)N1CCN(c2ccccc2Cl)CC1. The van der Waals surface area contributed by atoms with Gasteiger partial charge in [0, 0.05) is 38.6 Å². The largest absolute Gasteiger partial charge is 0.367 e. The minimum Gasteiger partial charge on any atom is -0.367 e. The summed E-state index contributed by atoms with van der Waals surface area (Å²) in [6, 6.07) is 8.11. The molecule has 0 bridgehead atoms. The number of piperazine rings is 1. The molecule has 2 atom stereocenters. The Morgan fingerprint density at radius 1 is 1.12 bits per heavy atom. The zero-order valence-corrected chi connectivity index (χ0v) is 16.1. The molecule has 2 aliphatic rings. The van der Waals surface area contributed by atoms with Gasteiger partial charge in [-0.3, -0.25) is 4.79 Å². The predicted molar refractivity (Wildman–Crippen MR) is 105 cm³/mol. The van der Waals surface area contributed by atoms with Gasteiger partial charge in [-0.2, -0.15) is 0 Å². The first-order chi connectivity index (χ1) is 10.6. The molecule has 0 aromatic heterocycles. The Hall–Kier alpha value is -0.680. The van der Waals surface area contributed by atoms with Gasteiger partial charge in [-0.1, -0.05) is 30.2 Å². The van der Waals surface area contributed by atoms with Crippen molar-refractivity contribution in [3.05, 3.63) is 29.3 Å². The molecular weight excluding hydrogens is 369 g/mol. The first-order valence-electron chi connectivity index (χ1n) is 8.18. The van der Waals surface area contributed by atoms with Crippen molar-refractivity contribution in [1.29, 1.82) is 0 Å². The van der Waals surface area contributed by atoms with Crippen LogP contribution in [0.5, 0.6) is 0 Å². The van der Waals surface area contributed by atoms with Crippen LogP contribution in [0.1, 0.15) is 25.7 Å². The first kappa shape index (κ1) is 21.4. The third-order valence-corrected chi connectivity index (χ3v) is 5.30. The lowest BCUT2D eigenvalue weighted by atomic mass is 9.99. The summed E-state index contributed by atoms with van der Waals surface area (Å²) in [5, 5.41) is 0.777. The van der Waals surface area contributed by atoms with Crippen molar-refractivity contribution in [3.63, 3.8) is 0 Å². The number of nitrogens with zero attached hydrogens (tertiary/aromatic N) is 2. The maximum absolute atomic E-state index is 12.4. The van der Waals surface area contributed by atoms with Gasteiger partial charge in [0.05, 0.1) is 10.7 Å². The topological polar surface area (TPSA) is 49.6 Å². The number of benzene rings is 1. The fraction of sp³-hybridized carbons (Fsp3) is 0.588. The number of amides is 1. The molecule has 0 unspecified atom stereocenters. The summed E-state index contributed by atoms with van der Waals surface area (Å²) in [6.45, 7) is 3.22. The Labute approximate surface area is 161 Å². The average Bonchev–Trinajstić information content (AvgIpc) is 2.93. The molecule has 4 nitrogen and oxygen atoms in total. The highest BCUT2D eigenvalue weighted by atomic mass is 35.5. The number of carbonyl (C=O) groups is 1. The second-order valence-electron chi connectivity index (χ2n) is 6.38. The van der Waals surface area contributed by atoms with Crippen LogP contribution < -0.4 is 10.6 Å². The monoisotopic (exact) mass is 393 g/mol. The quantitative estimate of drug-likeness (QED) is 0.855. The Morgan fingerprint density at radius 2 is 1.79 bits per heavy atom. The molecule has 7 heteroatoms. The molecule has 136 valence electrons. The molecular formula is C17H26Cl3N3O. The second kappa shape index (κ2) is 9.71. The van der Waals surface area contributed by atoms with Crippen LogP contribution in [0, 0.1) is 5.92 Å². The van der Waals surface area contributed by atoms with E-state index in [1.165, 1.54) is 6.42 Å². The normalized spacial score (nSPS) is 23.4. The van der Waals surface area contributed by atoms with Crippen LogP contribution in [0.15, 0.2) is 24.3 Å². The van der Waals surface area contributed by atoms with E-state index in [0.29, 0.717) is 12.3 Å². The summed E-state index contributed by atoms with van der Waals surface area (Å²) in [7, 11) is 0. The number of anilines is 1. The molecule has 1 aliphatic carbocycles. The fourth-order valence-electron chi connectivity index (χ4n) is 3.58. The molecule has 1 amide bonds. The molecule has 24 heavy (non-hydrogen) atoms. The molecule has 1 saturated carbocycles. The lowest BCUT2D eigenvalue weighted by Gasteiger charge is -2.37. The van der Waals surface area contributed by atoms with Gasteiger partial charge in [-0.05, 0) is 30.9 Å². The van der Waals surface area contributed by atoms with Crippen LogP contribution in [-0.2, 0) is 4.79 Å². The molecule has 1 heterocycles. The minimum absolute atomic E-state index is 0. The summed E-state index contributed by atoms with van der Waals surface area (Å²) in [6.07, 6.45) is 3.96. The molecule has 0 spiro atoms. The van der Waals surface area contributed by atoms with Crippen molar-refractivity contribution in [1.82, 2.24) is 4.90 Å². The number of halogens is 3. The summed E-state index contributed by atoms with van der Waals surface area (Å²) < 4.78 is 0. The third-order valence-electron chi connectivity index (χ3n) is 4.98. The van der Waals surface area contributed by atoms with Gasteiger partial charge < -0.3 is 15.5 Å². The summed E-state index contributed by atoms with van der Waals surface area (Å²) in [5.41, 5.74) is 7.14. The summed E-state index contributed by atoms with van der Waals surface area (Å²) in [4.78, 5) is 16.7. The van der Waals surface area contributed by atoms with E-state index in [0.717, 1.165) is 49.7 Å². The van der Waals surface area contributed by atoms with Crippen LogP contribution >= 0.6 is 36.4 Å². The Morgan fingerprint density at radius 3 is 2.38 bits per heavy atom. The molecule has 0 radical (unpaired) electrons. The van der Waals surface area contributed by atoms with Gasteiger partial charge in [0.25, 0.3) is 0 Å². The number of para-hydroxylation sites is 1. The molecule has 3 rings (SSSR count). The fourth-order valence-corrected chi connectivity index (χ4v) is 3.83. The maximum atomic E-state index is 12.4. The minimum atomic E-state index is 0. The third kappa shape index (κ3) is 4.92. The van der Waals surface area contributed by atoms with Crippen LogP contribution in [0.4, 0.5) is 5.69 Å². The van der Waals surface area contributed by atoms with Gasteiger partial charge in [0.15, 0.2) is 0 Å². The molecule has 1 saturated heterocycles. The zero-order valence-electron chi connectivity index (χ0n) is 13.7. The predicted octanol–water partition coefficient (Wildman–Crippen LogP) is 3.35.